The predicted octanol–water partition coefficient (Wildman–Crippen LogP) is 3.14. The minimum Gasteiger partial charge on any atom is -0.393 e. The average molecular weight is 532 g/mol. The highest BCUT2D eigenvalue weighted by Crippen LogP contribution is 2.40. The molecular weight excluding hydrogens is 502 g/mol. The molecule has 5 heterocycles. The molecule has 3 aromatic heterocycles. The van der Waals surface area contributed by atoms with Gasteiger partial charge in [0, 0.05) is 49.0 Å². The molecule has 38 heavy (non-hydrogen) atoms. The Bertz CT molecular complexity index is 1480. The van der Waals surface area contributed by atoms with Crippen LogP contribution in [0.3, 0.4) is 0 Å². The van der Waals surface area contributed by atoms with Crippen LogP contribution in [0.5, 0.6) is 0 Å². The number of carbonyl (C=O) groups is 1. The molecule has 0 radical (unpaired) electrons. The van der Waals surface area contributed by atoms with Crippen molar-refractivity contribution in [3.8, 4) is 21.8 Å². The van der Waals surface area contributed by atoms with E-state index in [4.69, 9.17) is 20.4 Å². The molecule has 1 aromatic carbocycles. The maximum atomic E-state index is 13.1. The van der Waals surface area contributed by atoms with E-state index >= 15 is 0 Å². The molecule has 2 saturated heterocycles. The summed E-state index contributed by atoms with van der Waals surface area (Å²) in [6.45, 7) is 6.00. The SMILES string of the molecule is Cc1cc(C(=O)N2CCC(O)CC2)ccc1-c1cc2nc(-c3cnc(N)nc3)nc(N3CCOCC3)c2s1. The van der Waals surface area contributed by atoms with Crippen LogP contribution in [0.15, 0.2) is 36.7 Å². The van der Waals surface area contributed by atoms with Gasteiger partial charge in [-0.25, -0.2) is 19.9 Å². The summed E-state index contributed by atoms with van der Waals surface area (Å²) < 4.78 is 6.58. The zero-order valence-corrected chi connectivity index (χ0v) is 21.9. The van der Waals surface area contributed by atoms with Crippen LogP contribution in [-0.2, 0) is 4.74 Å². The van der Waals surface area contributed by atoms with Crippen molar-refractivity contribution in [2.24, 2.45) is 0 Å². The first kappa shape index (κ1) is 24.7. The first-order chi connectivity index (χ1) is 18.5. The van der Waals surface area contributed by atoms with Crippen molar-refractivity contribution in [2.75, 3.05) is 50.0 Å². The highest BCUT2D eigenvalue weighted by Gasteiger charge is 2.24. The molecule has 196 valence electrons. The number of thiophene rings is 1. The van der Waals surface area contributed by atoms with Gasteiger partial charge in [0.25, 0.3) is 5.91 Å². The monoisotopic (exact) mass is 531 g/mol. The van der Waals surface area contributed by atoms with E-state index in [9.17, 15) is 9.90 Å². The van der Waals surface area contributed by atoms with E-state index in [1.165, 1.54) is 0 Å². The number of nitrogens with two attached hydrogens (primary N) is 1. The molecule has 4 aromatic rings. The molecule has 0 spiro atoms. The number of piperidine rings is 1. The molecule has 6 rings (SSSR count). The van der Waals surface area contributed by atoms with E-state index in [1.54, 1.807) is 23.7 Å². The van der Waals surface area contributed by atoms with E-state index in [-0.39, 0.29) is 18.0 Å². The molecule has 11 heteroatoms. The number of aliphatic hydroxyl groups is 1. The van der Waals surface area contributed by atoms with Crippen LogP contribution >= 0.6 is 11.3 Å². The fourth-order valence-corrected chi connectivity index (χ4v) is 6.15. The van der Waals surface area contributed by atoms with Crippen molar-refractivity contribution in [3.63, 3.8) is 0 Å². The Hall–Kier alpha value is -3.67. The van der Waals surface area contributed by atoms with Crippen molar-refractivity contribution < 1.29 is 14.6 Å². The summed E-state index contributed by atoms with van der Waals surface area (Å²) >= 11 is 1.65. The molecular formula is C27H29N7O3S. The fourth-order valence-electron chi connectivity index (χ4n) is 4.94. The van der Waals surface area contributed by atoms with Crippen LogP contribution in [0.1, 0.15) is 28.8 Å². The lowest BCUT2D eigenvalue weighted by molar-refractivity contribution is 0.0546. The number of fused-ring (bicyclic) bond motifs is 1. The number of benzene rings is 1. The molecule has 0 aliphatic carbocycles. The van der Waals surface area contributed by atoms with Gasteiger partial charge in [0.05, 0.1) is 35.1 Å². The highest BCUT2D eigenvalue weighted by molar-refractivity contribution is 7.22. The van der Waals surface area contributed by atoms with Gasteiger partial charge in [-0.3, -0.25) is 4.79 Å². The molecule has 2 aliphatic rings. The predicted molar refractivity (Wildman–Crippen MR) is 147 cm³/mol. The van der Waals surface area contributed by atoms with Crippen molar-refractivity contribution in [3.05, 3.63) is 47.8 Å². The number of aryl methyl sites for hydroxylation is 1. The molecule has 0 bridgehead atoms. The second-order valence-electron chi connectivity index (χ2n) is 9.68. The Morgan fingerprint density at radius 1 is 1.08 bits per heavy atom. The Morgan fingerprint density at radius 3 is 2.53 bits per heavy atom. The summed E-state index contributed by atoms with van der Waals surface area (Å²) in [5.41, 5.74) is 9.98. The first-order valence-corrected chi connectivity index (χ1v) is 13.6. The van der Waals surface area contributed by atoms with Gasteiger partial charge in [0.15, 0.2) is 11.6 Å². The second kappa shape index (κ2) is 10.2. The number of hydrogen-bond acceptors (Lipinski definition) is 10. The number of likely N-dealkylation sites (tertiary alicyclic amines) is 1. The van der Waals surface area contributed by atoms with E-state index in [1.807, 2.05) is 30.0 Å². The lowest BCUT2D eigenvalue weighted by Gasteiger charge is -2.29. The number of nitrogens with zero attached hydrogens (tertiary/aromatic N) is 6. The van der Waals surface area contributed by atoms with Gasteiger partial charge in [0.2, 0.25) is 5.95 Å². The van der Waals surface area contributed by atoms with Crippen LogP contribution in [0.4, 0.5) is 11.8 Å². The molecule has 10 nitrogen and oxygen atoms in total. The first-order valence-electron chi connectivity index (χ1n) is 12.8. The van der Waals surface area contributed by atoms with Crippen LogP contribution in [-0.4, -0.2) is 81.3 Å². The van der Waals surface area contributed by atoms with Gasteiger partial charge < -0.3 is 25.4 Å². The minimum absolute atomic E-state index is 0.0127. The molecule has 1 amide bonds. The normalized spacial score (nSPS) is 16.8. The van der Waals surface area contributed by atoms with Crippen molar-refractivity contribution >= 4 is 39.2 Å². The minimum atomic E-state index is -0.311. The average Bonchev–Trinajstić information content (AvgIpc) is 3.37. The number of anilines is 2. The highest BCUT2D eigenvalue weighted by atomic mass is 32.1. The number of morpholine rings is 1. The lowest BCUT2D eigenvalue weighted by Crippen LogP contribution is -2.40. The van der Waals surface area contributed by atoms with Gasteiger partial charge in [-0.2, -0.15) is 0 Å². The maximum absolute atomic E-state index is 13.1. The fraction of sp³-hybridized carbons (Fsp3) is 0.370. The summed E-state index contributed by atoms with van der Waals surface area (Å²) in [5, 5.41) is 9.77. The summed E-state index contributed by atoms with van der Waals surface area (Å²) in [6, 6.07) is 7.95. The third-order valence-corrected chi connectivity index (χ3v) is 8.24. The molecule has 0 unspecified atom stereocenters. The molecule has 3 N–H and O–H groups in total. The van der Waals surface area contributed by atoms with Crippen molar-refractivity contribution in [1.29, 1.82) is 0 Å². The standard InChI is InChI=1S/C27H29N7O3S/c1-16-12-17(26(36)34-6-4-19(35)5-7-34)2-3-20(16)22-13-21-23(38-22)25(33-8-10-37-11-9-33)32-24(31-21)18-14-29-27(28)30-15-18/h2-3,12-15,19,35H,4-11H2,1H3,(H2,28,29,30). The zero-order valence-electron chi connectivity index (χ0n) is 21.1. The third-order valence-electron chi connectivity index (χ3n) is 7.08. The molecule has 0 saturated carbocycles. The van der Waals surface area contributed by atoms with Gasteiger partial charge >= 0.3 is 0 Å². The number of amides is 1. The summed E-state index contributed by atoms with van der Waals surface area (Å²) in [7, 11) is 0. The summed E-state index contributed by atoms with van der Waals surface area (Å²) in [4.78, 5) is 36.2. The quantitative estimate of drug-likeness (QED) is 0.408. The Balaban J connectivity index is 1.37. The largest absolute Gasteiger partial charge is 0.393 e. The van der Waals surface area contributed by atoms with Crippen LogP contribution < -0.4 is 10.6 Å². The number of nitrogen functional groups attached to an aromatic ring is 1. The maximum Gasteiger partial charge on any atom is 0.253 e. The van der Waals surface area contributed by atoms with Gasteiger partial charge in [-0.1, -0.05) is 6.07 Å². The van der Waals surface area contributed by atoms with E-state index < -0.39 is 0 Å². The summed E-state index contributed by atoms with van der Waals surface area (Å²) in [6.07, 6.45) is 4.23. The van der Waals surface area contributed by atoms with Gasteiger partial charge in [-0.15, -0.1) is 11.3 Å². The van der Waals surface area contributed by atoms with E-state index in [0.717, 1.165) is 45.1 Å². The second-order valence-corrected chi connectivity index (χ2v) is 10.7. The number of rotatable bonds is 4. The van der Waals surface area contributed by atoms with Crippen LogP contribution in [0.2, 0.25) is 0 Å². The summed E-state index contributed by atoms with van der Waals surface area (Å²) in [5.74, 6) is 1.64. The van der Waals surface area contributed by atoms with Crippen molar-refractivity contribution in [2.45, 2.75) is 25.9 Å². The van der Waals surface area contributed by atoms with Crippen LogP contribution in [0.25, 0.3) is 32.0 Å². The number of hydrogen-bond donors (Lipinski definition) is 2. The Labute approximate surface area is 224 Å². The smallest absolute Gasteiger partial charge is 0.253 e. The van der Waals surface area contributed by atoms with Gasteiger partial charge in [0.1, 0.15) is 0 Å². The number of aliphatic hydroxyl groups excluding tert-OH is 1. The Kier molecular flexibility index (Phi) is 6.64. The van der Waals surface area contributed by atoms with Crippen LogP contribution in [0, 0.1) is 6.92 Å². The van der Waals surface area contributed by atoms with E-state index in [0.29, 0.717) is 56.1 Å². The lowest BCUT2D eigenvalue weighted by atomic mass is 10.0. The number of ether oxygens (including phenoxy) is 1. The Morgan fingerprint density at radius 2 is 1.82 bits per heavy atom. The number of carbonyl (C=O) groups excluding carboxylic acids is 1. The van der Waals surface area contributed by atoms with Crippen molar-refractivity contribution in [1.82, 2.24) is 24.8 Å². The zero-order chi connectivity index (χ0) is 26.2. The number of aromatic nitrogens is 4. The molecule has 2 aliphatic heterocycles. The molecule has 2 fully saturated rings. The topological polar surface area (TPSA) is 131 Å². The third kappa shape index (κ3) is 4.80. The molecule has 0 atom stereocenters. The van der Waals surface area contributed by atoms with E-state index in [2.05, 4.69) is 20.9 Å². The van der Waals surface area contributed by atoms with Gasteiger partial charge in [-0.05, 0) is 49.1 Å².